The van der Waals surface area contributed by atoms with Crippen LogP contribution in [-0.2, 0) is 0 Å². The van der Waals surface area contributed by atoms with Gasteiger partial charge in [-0.3, -0.25) is 4.79 Å². The maximum Gasteiger partial charge on any atom is 0.280 e. The summed E-state index contributed by atoms with van der Waals surface area (Å²) in [6.07, 6.45) is 3.05. The van der Waals surface area contributed by atoms with Crippen LogP contribution in [0.3, 0.4) is 0 Å². The zero-order valence-electron chi connectivity index (χ0n) is 15.3. The van der Waals surface area contributed by atoms with Crippen LogP contribution in [0.4, 0.5) is 5.13 Å². The second-order valence-electron chi connectivity index (χ2n) is 6.07. The van der Waals surface area contributed by atoms with Crippen LogP contribution in [0, 0.1) is 6.92 Å². The lowest BCUT2D eigenvalue weighted by Gasteiger charge is -2.13. The van der Waals surface area contributed by atoms with Crippen LogP contribution in [0.25, 0.3) is 10.2 Å². The van der Waals surface area contributed by atoms with Gasteiger partial charge in [0, 0.05) is 5.56 Å². The van der Waals surface area contributed by atoms with Crippen molar-refractivity contribution in [2.24, 2.45) is 5.10 Å². The number of benzene rings is 2. The molecule has 0 fully saturated rings. The van der Waals surface area contributed by atoms with Crippen LogP contribution in [0.5, 0.6) is 5.75 Å². The fourth-order valence-corrected chi connectivity index (χ4v) is 3.65. The van der Waals surface area contributed by atoms with Gasteiger partial charge in [-0.25, -0.2) is 4.98 Å². The highest BCUT2D eigenvalue weighted by Crippen LogP contribution is 2.31. The summed E-state index contributed by atoms with van der Waals surface area (Å²) in [6, 6.07) is 16.4. The lowest BCUT2D eigenvalue weighted by Crippen LogP contribution is -2.25. The Morgan fingerprint density at radius 2 is 2.04 bits per heavy atom. The second-order valence-corrected chi connectivity index (χ2v) is 7.08. The number of amides is 1. The predicted molar refractivity (Wildman–Crippen MR) is 110 cm³/mol. The number of carbonyl (C=O) groups is 1. The van der Waals surface area contributed by atoms with Gasteiger partial charge in [-0.15, -0.1) is 0 Å². The van der Waals surface area contributed by atoms with E-state index in [0.717, 1.165) is 15.8 Å². The summed E-state index contributed by atoms with van der Waals surface area (Å²) in [5.74, 6) is 0.934. The molecule has 0 radical (unpaired) electrons. The number of anilines is 1. The van der Waals surface area contributed by atoms with Crippen LogP contribution in [0.1, 0.15) is 21.7 Å². The molecule has 28 heavy (non-hydrogen) atoms. The number of aryl methyl sites for hydroxylation is 1. The first kappa shape index (κ1) is 17.9. The first-order valence-electron chi connectivity index (χ1n) is 8.57. The van der Waals surface area contributed by atoms with Crippen LogP contribution in [-0.4, -0.2) is 24.2 Å². The van der Waals surface area contributed by atoms with Crippen molar-refractivity contribution in [3.63, 3.8) is 0 Å². The zero-order valence-corrected chi connectivity index (χ0v) is 16.1. The Morgan fingerprint density at radius 3 is 2.75 bits per heavy atom. The maximum atomic E-state index is 13.2. The fraction of sp³-hybridized carbons (Fsp3) is 0.0952. The summed E-state index contributed by atoms with van der Waals surface area (Å²) in [5.41, 5.74) is 2.44. The highest BCUT2D eigenvalue weighted by Gasteiger charge is 2.21. The Bertz CT molecular complexity index is 1130. The molecule has 7 heteroatoms. The molecule has 4 aromatic rings. The van der Waals surface area contributed by atoms with Crippen LogP contribution < -0.4 is 9.75 Å². The van der Waals surface area contributed by atoms with Gasteiger partial charge in [-0.2, -0.15) is 10.1 Å². The molecule has 0 N–H and O–H groups in total. The van der Waals surface area contributed by atoms with Gasteiger partial charge in [-0.05, 0) is 61.0 Å². The van der Waals surface area contributed by atoms with Crippen molar-refractivity contribution in [1.82, 2.24) is 4.98 Å². The van der Waals surface area contributed by atoms with E-state index in [1.807, 2.05) is 25.1 Å². The Balaban J connectivity index is 1.74. The highest BCUT2D eigenvalue weighted by molar-refractivity contribution is 7.22. The van der Waals surface area contributed by atoms with Crippen molar-refractivity contribution >= 4 is 38.8 Å². The van der Waals surface area contributed by atoms with E-state index >= 15 is 0 Å². The summed E-state index contributed by atoms with van der Waals surface area (Å²) >= 11 is 1.41. The Hall–Kier alpha value is -3.45. The van der Waals surface area contributed by atoms with E-state index in [2.05, 4.69) is 10.1 Å². The average molecular weight is 391 g/mol. The van der Waals surface area contributed by atoms with Gasteiger partial charge < -0.3 is 9.15 Å². The summed E-state index contributed by atoms with van der Waals surface area (Å²) in [7, 11) is 1.58. The molecule has 4 rings (SSSR count). The van der Waals surface area contributed by atoms with Crippen LogP contribution in [0.15, 0.2) is 70.4 Å². The largest absolute Gasteiger partial charge is 0.497 e. The third-order valence-electron chi connectivity index (χ3n) is 4.09. The van der Waals surface area contributed by atoms with Crippen molar-refractivity contribution in [3.8, 4) is 5.75 Å². The topological polar surface area (TPSA) is 67.9 Å². The minimum absolute atomic E-state index is 0.291. The Labute approximate surface area is 165 Å². The summed E-state index contributed by atoms with van der Waals surface area (Å²) in [5, 5.41) is 6.14. The Morgan fingerprint density at radius 1 is 1.21 bits per heavy atom. The SMILES string of the molecule is COc1ccc(C(=O)N(/N=C\c2ccco2)c2nc3ccc(C)cc3s2)cc1. The lowest BCUT2D eigenvalue weighted by molar-refractivity contribution is 0.0988. The predicted octanol–water partition coefficient (Wildman–Crippen LogP) is 4.89. The molecule has 0 saturated heterocycles. The molecule has 2 aromatic heterocycles. The quantitative estimate of drug-likeness (QED) is 0.359. The molecule has 0 saturated carbocycles. The molecule has 0 bridgehead atoms. The van der Waals surface area contributed by atoms with Gasteiger partial charge in [0.25, 0.3) is 5.91 Å². The molecule has 0 aliphatic carbocycles. The van der Waals surface area contributed by atoms with Crippen molar-refractivity contribution in [1.29, 1.82) is 0 Å². The van der Waals surface area contributed by atoms with E-state index in [1.54, 1.807) is 49.8 Å². The number of rotatable bonds is 5. The number of hydrazone groups is 1. The van der Waals surface area contributed by atoms with Gasteiger partial charge in [-0.1, -0.05) is 17.4 Å². The third-order valence-corrected chi connectivity index (χ3v) is 5.08. The number of ether oxygens (including phenoxy) is 1. The first-order chi connectivity index (χ1) is 13.6. The maximum absolute atomic E-state index is 13.2. The van der Waals surface area contributed by atoms with E-state index in [1.165, 1.54) is 22.6 Å². The number of carbonyl (C=O) groups excluding carboxylic acids is 1. The number of hydrogen-bond acceptors (Lipinski definition) is 6. The molecule has 0 aliphatic heterocycles. The van der Waals surface area contributed by atoms with E-state index in [-0.39, 0.29) is 5.91 Å². The lowest BCUT2D eigenvalue weighted by atomic mass is 10.2. The van der Waals surface area contributed by atoms with Gasteiger partial charge in [0.2, 0.25) is 5.13 Å². The van der Waals surface area contributed by atoms with E-state index in [9.17, 15) is 4.79 Å². The summed E-state index contributed by atoms with van der Waals surface area (Å²) < 4.78 is 11.4. The van der Waals surface area contributed by atoms with E-state index in [4.69, 9.17) is 9.15 Å². The third kappa shape index (κ3) is 3.65. The number of thiazole rings is 1. The van der Waals surface area contributed by atoms with Crippen molar-refractivity contribution in [3.05, 3.63) is 77.7 Å². The van der Waals surface area contributed by atoms with Gasteiger partial charge in [0.1, 0.15) is 11.5 Å². The molecule has 2 heterocycles. The minimum Gasteiger partial charge on any atom is -0.497 e. The standard InChI is InChI=1S/C21H17N3O3S/c1-14-5-10-18-19(12-14)28-21(23-18)24(22-13-17-4-3-11-27-17)20(25)15-6-8-16(26-2)9-7-15/h3-13H,1-2H3/b22-13-. The molecular formula is C21H17N3O3S. The molecule has 0 spiro atoms. The molecule has 0 atom stereocenters. The molecule has 2 aromatic carbocycles. The first-order valence-corrected chi connectivity index (χ1v) is 9.39. The highest BCUT2D eigenvalue weighted by atomic mass is 32.1. The number of fused-ring (bicyclic) bond motifs is 1. The molecule has 0 aliphatic rings. The number of hydrogen-bond donors (Lipinski definition) is 0. The summed E-state index contributed by atoms with van der Waals surface area (Å²) in [6.45, 7) is 2.02. The van der Waals surface area contributed by atoms with Gasteiger partial charge in [0.05, 0.1) is 29.8 Å². The normalized spacial score (nSPS) is 11.2. The minimum atomic E-state index is -0.291. The van der Waals surface area contributed by atoms with Gasteiger partial charge in [0.15, 0.2) is 0 Å². The van der Waals surface area contributed by atoms with Crippen molar-refractivity contribution < 1.29 is 13.9 Å². The van der Waals surface area contributed by atoms with E-state index < -0.39 is 0 Å². The zero-order chi connectivity index (χ0) is 19.5. The van der Waals surface area contributed by atoms with E-state index in [0.29, 0.717) is 22.2 Å². The van der Waals surface area contributed by atoms with Crippen LogP contribution >= 0.6 is 11.3 Å². The van der Waals surface area contributed by atoms with Crippen LogP contribution in [0.2, 0.25) is 0 Å². The second kappa shape index (κ2) is 7.66. The molecule has 1 amide bonds. The number of nitrogens with zero attached hydrogens (tertiary/aromatic N) is 3. The number of methoxy groups -OCH3 is 1. The fourth-order valence-electron chi connectivity index (χ4n) is 2.63. The molecule has 0 unspecified atom stereocenters. The summed E-state index contributed by atoms with van der Waals surface area (Å²) in [4.78, 5) is 17.7. The number of aromatic nitrogens is 1. The van der Waals surface area contributed by atoms with Gasteiger partial charge >= 0.3 is 0 Å². The average Bonchev–Trinajstić information content (AvgIpc) is 3.37. The smallest absolute Gasteiger partial charge is 0.280 e. The van der Waals surface area contributed by atoms with Crippen molar-refractivity contribution in [2.75, 3.05) is 12.1 Å². The molecular weight excluding hydrogens is 374 g/mol. The molecule has 140 valence electrons. The Kier molecular flexibility index (Phi) is 4.90. The number of furan rings is 1. The molecule has 6 nitrogen and oxygen atoms in total. The monoisotopic (exact) mass is 391 g/mol. The van der Waals surface area contributed by atoms with Crippen molar-refractivity contribution in [2.45, 2.75) is 6.92 Å².